The van der Waals surface area contributed by atoms with Crippen molar-refractivity contribution in [1.82, 2.24) is 29.5 Å². The molecule has 1 saturated heterocycles. The topological polar surface area (TPSA) is 70.1 Å². The number of likely N-dealkylation sites (tertiary alicyclic amines) is 1. The Bertz CT molecular complexity index is 730. The second-order valence-corrected chi connectivity index (χ2v) is 7.16. The number of carbonyl (C=O) groups is 1. The van der Waals surface area contributed by atoms with Crippen molar-refractivity contribution in [3.8, 4) is 0 Å². The molecule has 7 heteroatoms. The maximum atomic E-state index is 13.2. The minimum absolute atomic E-state index is 0.0391. The van der Waals surface area contributed by atoms with E-state index in [2.05, 4.69) is 20.0 Å². The van der Waals surface area contributed by atoms with Gasteiger partial charge in [-0.3, -0.25) is 9.48 Å². The summed E-state index contributed by atoms with van der Waals surface area (Å²) in [5, 5.41) is 4.41. The summed E-state index contributed by atoms with van der Waals surface area (Å²) in [6, 6.07) is 2.22. The second kappa shape index (κ2) is 7.00. The molecule has 0 aliphatic carbocycles. The summed E-state index contributed by atoms with van der Waals surface area (Å²) in [5.74, 6) is 0.813. The summed E-state index contributed by atoms with van der Waals surface area (Å²) in [7, 11) is 0. The zero-order valence-electron chi connectivity index (χ0n) is 14.8. The van der Waals surface area contributed by atoms with Gasteiger partial charge in [0, 0.05) is 25.3 Å². The van der Waals surface area contributed by atoms with E-state index in [0.717, 1.165) is 44.1 Å². The van der Waals surface area contributed by atoms with E-state index in [9.17, 15) is 4.79 Å². The molecule has 25 heavy (non-hydrogen) atoms. The largest absolute Gasteiger partial charge is 0.338 e. The van der Waals surface area contributed by atoms with Gasteiger partial charge in [-0.25, -0.2) is 4.98 Å². The first-order valence-electron chi connectivity index (χ1n) is 9.26. The number of amides is 1. The Kier molecular flexibility index (Phi) is 4.57. The van der Waals surface area contributed by atoms with E-state index in [4.69, 9.17) is 0 Å². The van der Waals surface area contributed by atoms with Crippen molar-refractivity contribution < 1.29 is 4.79 Å². The fourth-order valence-electron chi connectivity index (χ4n) is 3.98. The van der Waals surface area contributed by atoms with Gasteiger partial charge in [0.05, 0.1) is 18.4 Å². The van der Waals surface area contributed by atoms with Crippen LogP contribution in [0.1, 0.15) is 47.7 Å². The first kappa shape index (κ1) is 16.3. The predicted octanol–water partition coefficient (Wildman–Crippen LogP) is 1.82. The molecule has 0 bridgehead atoms. The van der Waals surface area contributed by atoms with E-state index in [1.807, 2.05) is 28.8 Å². The molecule has 2 aliphatic rings. The third kappa shape index (κ3) is 3.46. The van der Waals surface area contributed by atoms with Crippen LogP contribution in [0.15, 0.2) is 18.5 Å². The predicted molar refractivity (Wildman–Crippen MR) is 94.1 cm³/mol. The molecule has 7 nitrogen and oxygen atoms in total. The van der Waals surface area contributed by atoms with E-state index >= 15 is 0 Å². The van der Waals surface area contributed by atoms with E-state index < -0.39 is 0 Å². The summed E-state index contributed by atoms with van der Waals surface area (Å²) in [4.78, 5) is 25.0. The van der Waals surface area contributed by atoms with Crippen molar-refractivity contribution in [2.45, 2.75) is 51.7 Å². The molecule has 1 atom stereocenters. The lowest BCUT2D eigenvalue weighted by atomic mass is 10.1. The fraction of sp³-hybridized carbons (Fsp3) is 0.611. The monoisotopic (exact) mass is 342 g/mol. The molecule has 0 spiro atoms. The Morgan fingerprint density at radius 2 is 2.12 bits per heavy atom. The van der Waals surface area contributed by atoms with Crippen LogP contribution in [0.2, 0.25) is 0 Å². The summed E-state index contributed by atoms with van der Waals surface area (Å²) in [6.07, 6.45) is 8.27. The molecule has 0 unspecified atom stereocenters. The molecule has 0 saturated carbocycles. The number of hydrogen-bond donors (Lipinski definition) is 1. The van der Waals surface area contributed by atoms with Crippen LogP contribution in [-0.4, -0.2) is 61.1 Å². The highest BCUT2D eigenvalue weighted by molar-refractivity contribution is 5.92. The van der Waals surface area contributed by atoms with Crippen molar-refractivity contribution in [2.75, 3.05) is 19.6 Å². The van der Waals surface area contributed by atoms with Gasteiger partial charge in [0.25, 0.3) is 5.91 Å². The standard InChI is InChI=1S/C18H26N6O/c1-14-19-11-17(21-14)18(25)23-13-16-5-7-20-24(16)10-6-15(23)12-22-8-3-2-4-9-22/h5,7,11,15H,2-4,6,8-10,12-13H2,1H3,(H,19,21)/t15-/m0/s1. The van der Waals surface area contributed by atoms with Gasteiger partial charge < -0.3 is 14.8 Å². The van der Waals surface area contributed by atoms with Crippen LogP contribution in [0.4, 0.5) is 0 Å². The number of aromatic amines is 1. The number of imidazole rings is 1. The van der Waals surface area contributed by atoms with Crippen molar-refractivity contribution in [3.63, 3.8) is 0 Å². The van der Waals surface area contributed by atoms with Gasteiger partial charge in [-0.2, -0.15) is 5.10 Å². The summed E-state index contributed by atoms with van der Waals surface area (Å²) in [5.41, 5.74) is 1.68. The van der Waals surface area contributed by atoms with Crippen molar-refractivity contribution in [2.24, 2.45) is 0 Å². The van der Waals surface area contributed by atoms with E-state index in [0.29, 0.717) is 12.2 Å². The summed E-state index contributed by atoms with van der Waals surface area (Å²) < 4.78 is 2.04. The Morgan fingerprint density at radius 3 is 2.88 bits per heavy atom. The van der Waals surface area contributed by atoms with Gasteiger partial charge in [0.15, 0.2) is 0 Å². The van der Waals surface area contributed by atoms with Gasteiger partial charge >= 0.3 is 0 Å². The number of fused-ring (bicyclic) bond motifs is 1. The lowest BCUT2D eigenvalue weighted by molar-refractivity contribution is 0.0583. The smallest absolute Gasteiger partial charge is 0.272 e. The number of rotatable bonds is 3. The molecule has 2 aromatic rings. The zero-order valence-corrected chi connectivity index (χ0v) is 14.8. The molecular weight excluding hydrogens is 316 g/mol. The fourth-order valence-corrected chi connectivity index (χ4v) is 3.98. The van der Waals surface area contributed by atoms with Crippen molar-refractivity contribution in [1.29, 1.82) is 0 Å². The maximum absolute atomic E-state index is 13.2. The summed E-state index contributed by atoms with van der Waals surface area (Å²) >= 11 is 0. The van der Waals surface area contributed by atoms with Crippen molar-refractivity contribution >= 4 is 5.91 Å². The van der Waals surface area contributed by atoms with E-state index in [1.165, 1.54) is 19.3 Å². The number of aryl methyl sites for hydroxylation is 2. The molecule has 4 rings (SSSR count). The third-order valence-corrected chi connectivity index (χ3v) is 5.36. The van der Waals surface area contributed by atoms with Gasteiger partial charge in [-0.1, -0.05) is 6.42 Å². The SMILES string of the molecule is Cc1ncc(C(=O)N2Cc3ccnn3CC[C@H]2CN2CCCCC2)[nH]1. The average Bonchev–Trinajstić information content (AvgIpc) is 3.22. The Morgan fingerprint density at radius 1 is 1.28 bits per heavy atom. The zero-order chi connectivity index (χ0) is 17.2. The highest BCUT2D eigenvalue weighted by atomic mass is 16.2. The summed E-state index contributed by atoms with van der Waals surface area (Å²) in [6.45, 7) is 6.59. The molecule has 2 aromatic heterocycles. The lowest BCUT2D eigenvalue weighted by Crippen LogP contribution is -2.47. The first-order chi connectivity index (χ1) is 12.2. The number of H-pyrrole nitrogens is 1. The van der Waals surface area contributed by atoms with Crippen LogP contribution < -0.4 is 0 Å². The minimum atomic E-state index is 0.0391. The van der Waals surface area contributed by atoms with E-state index in [1.54, 1.807) is 6.20 Å². The molecule has 1 N–H and O–H groups in total. The number of carbonyl (C=O) groups excluding carboxylic acids is 1. The molecule has 0 radical (unpaired) electrons. The van der Waals surface area contributed by atoms with Crippen LogP contribution in [0.5, 0.6) is 0 Å². The van der Waals surface area contributed by atoms with E-state index in [-0.39, 0.29) is 11.9 Å². The molecule has 4 heterocycles. The molecule has 1 fully saturated rings. The lowest BCUT2D eigenvalue weighted by Gasteiger charge is -2.35. The van der Waals surface area contributed by atoms with Crippen LogP contribution in [0.3, 0.4) is 0 Å². The number of hydrogen-bond acceptors (Lipinski definition) is 4. The Hall–Kier alpha value is -2.15. The highest BCUT2D eigenvalue weighted by Gasteiger charge is 2.31. The van der Waals surface area contributed by atoms with Gasteiger partial charge in [0.1, 0.15) is 11.5 Å². The number of nitrogens with zero attached hydrogens (tertiary/aromatic N) is 5. The third-order valence-electron chi connectivity index (χ3n) is 5.36. The van der Waals surface area contributed by atoms with Gasteiger partial charge in [0.2, 0.25) is 0 Å². The molecule has 0 aromatic carbocycles. The molecule has 134 valence electrons. The number of nitrogens with one attached hydrogen (secondary N) is 1. The van der Waals surface area contributed by atoms with Gasteiger partial charge in [-0.15, -0.1) is 0 Å². The van der Waals surface area contributed by atoms with Crippen LogP contribution >= 0.6 is 0 Å². The highest BCUT2D eigenvalue weighted by Crippen LogP contribution is 2.21. The number of aromatic nitrogens is 4. The minimum Gasteiger partial charge on any atom is -0.338 e. The average molecular weight is 342 g/mol. The normalized spacial score (nSPS) is 21.8. The molecular formula is C18H26N6O. The molecule has 1 amide bonds. The first-order valence-corrected chi connectivity index (χ1v) is 9.26. The number of piperidine rings is 1. The van der Waals surface area contributed by atoms with Crippen LogP contribution in [0, 0.1) is 6.92 Å². The second-order valence-electron chi connectivity index (χ2n) is 7.16. The van der Waals surface area contributed by atoms with Crippen LogP contribution in [-0.2, 0) is 13.1 Å². The quantitative estimate of drug-likeness (QED) is 0.924. The maximum Gasteiger partial charge on any atom is 0.272 e. The van der Waals surface area contributed by atoms with Crippen molar-refractivity contribution in [3.05, 3.63) is 35.7 Å². The molecule has 2 aliphatic heterocycles. The van der Waals surface area contributed by atoms with Crippen LogP contribution in [0.25, 0.3) is 0 Å². The Labute approximate surface area is 148 Å². The van der Waals surface area contributed by atoms with Gasteiger partial charge in [-0.05, 0) is 45.3 Å². The Balaban J connectivity index is 1.58.